The third-order valence-electron chi connectivity index (χ3n) is 3.82. The molecule has 28 heavy (non-hydrogen) atoms. The fourth-order valence-electron chi connectivity index (χ4n) is 2.47. The van der Waals surface area contributed by atoms with Crippen molar-refractivity contribution in [2.75, 3.05) is 19.6 Å². The summed E-state index contributed by atoms with van der Waals surface area (Å²) in [5.41, 5.74) is 2.94. The highest BCUT2D eigenvalue weighted by molar-refractivity contribution is 6.42. The summed E-state index contributed by atoms with van der Waals surface area (Å²) in [5.74, 6) is -1.45. The molecule has 0 unspecified atom stereocenters. The van der Waals surface area contributed by atoms with Crippen LogP contribution in [0.1, 0.15) is 16.1 Å². The van der Waals surface area contributed by atoms with Gasteiger partial charge in [-0.3, -0.25) is 10.2 Å². The normalized spacial score (nSPS) is 11.1. The molecule has 2 N–H and O–H groups in total. The quantitative estimate of drug-likeness (QED) is 0.392. The number of ether oxygens (including phenoxy) is 2. The Morgan fingerprint density at radius 3 is 2.50 bits per heavy atom. The summed E-state index contributed by atoms with van der Waals surface area (Å²) in [6.45, 7) is 0. The molecule has 9 heteroatoms. The maximum Gasteiger partial charge on any atom is 0.360 e. The second-order valence-electron chi connectivity index (χ2n) is 5.53. The van der Waals surface area contributed by atoms with Crippen molar-refractivity contribution in [3.05, 3.63) is 70.1 Å². The molecule has 0 aliphatic heterocycles. The van der Waals surface area contributed by atoms with Gasteiger partial charge >= 0.3 is 11.9 Å². The van der Waals surface area contributed by atoms with E-state index in [-0.39, 0.29) is 22.7 Å². The minimum atomic E-state index is -0.865. The van der Waals surface area contributed by atoms with Crippen LogP contribution >= 0.6 is 0 Å². The van der Waals surface area contributed by atoms with E-state index in [0.29, 0.717) is 11.0 Å². The number of hydrazone groups is 1. The van der Waals surface area contributed by atoms with Crippen LogP contribution in [0.3, 0.4) is 0 Å². The number of carbonyl (C=O) groups excluding carboxylic acids is 2. The summed E-state index contributed by atoms with van der Waals surface area (Å²) in [4.78, 5) is 43.4. The Morgan fingerprint density at radius 1 is 1.04 bits per heavy atom. The average molecular weight is 380 g/mol. The Balaban J connectivity index is 2.08. The van der Waals surface area contributed by atoms with E-state index in [4.69, 9.17) is 9.47 Å². The Bertz CT molecular complexity index is 1140. The second-order valence-corrected chi connectivity index (χ2v) is 5.53. The number of esters is 2. The van der Waals surface area contributed by atoms with E-state index in [1.807, 2.05) is 0 Å². The van der Waals surface area contributed by atoms with Crippen molar-refractivity contribution in [2.24, 2.45) is 5.10 Å². The summed E-state index contributed by atoms with van der Waals surface area (Å²) in [6.07, 6.45) is 0. The lowest BCUT2D eigenvalue weighted by atomic mass is 10.2. The summed E-state index contributed by atoms with van der Waals surface area (Å²) < 4.78 is 9.44. The Morgan fingerprint density at radius 2 is 1.75 bits per heavy atom. The van der Waals surface area contributed by atoms with Crippen molar-refractivity contribution in [2.45, 2.75) is 0 Å². The van der Waals surface area contributed by atoms with Crippen LogP contribution < -0.4 is 11.0 Å². The third kappa shape index (κ3) is 3.73. The molecule has 3 rings (SSSR count). The van der Waals surface area contributed by atoms with Gasteiger partial charge in [0.2, 0.25) is 0 Å². The molecule has 0 saturated carbocycles. The van der Waals surface area contributed by atoms with E-state index in [1.54, 1.807) is 42.5 Å². The van der Waals surface area contributed by atoms with Gasteiger partial charge in [-0.1, -0.05) is 24.3 Å². The summed E-state index contributed by atoms with van der Waals surface area (Å²) in [7, 11) is 2.41. The number of benzene rings is 2. The lowest BCUT2D eigenvalue weighted by Gasteiger charge is -2.09. The first-order valence-electron chi connectivity index (χ1n) is 8.14. The van der Waals surface area contributed by atoms with Gasteiger partial charge in [0.1, 0.15) is 0 Å². The minimum absolute atomic E-state index is 0.207. The number of methoxy groups -OCH3 is 2. The molecule has 0 atom stereocenters. The number of H-pyrrole nitrogens is 1. The van der Waals surface area contributed by atoms with E-state index in [2.05, 4.69) is 20.5 Å². The van der Waals surface area contributed by atoms with E-state index >= 15 is 0 Å². The SMILES string of the molecule is COC(=O)/C(=N\Nc1ccccc1C(=O)OC)c1nc2ccccc2[nH]c1=O. The molecule has 0 aliphatic rings. The fourth-order valence-corrected chi connectivity index (χ4v) is 2.47. The molecule has 0 bridgehead atoms. The Kier molecular flexibility index (Phi) is 5.45. The average Bonchev–Trinajstić information content (AvgIpc) is 2.73. The van der Waals surface area contributed by atoms with Gasteiger partial charge in [-0.2, -0.15) is 5.10 Å². The van der Waals surface area contributed by atoms with Gasteiger partial charge in [-0.15, -0.1) is 0 Å². The molecule has 1 aromatic heterocycles. The zero-order valence-corrected chi connectivity index (χ0v) is 15.1. The Hall–Kier alpha value is -4.01. The molecule has 2 aromatic carbocycles. The predicted molar refractivity (Wildman–Crippen MR) is 102 cm³/mol. The maximum atomic E-state index is 12.4. The first-order valence-corrected chi connectivity index (χ1v) is 8.14. The minimum Gasteiger partial charge on any atom is -0.465 e. The Labute approximate surface area is 159 Å². The first kappa shape index (κ1) is 18.8. The van der Waals surface area contributed by atoms with Gasteiger partial charge < -0.3 is 14.5 Å². The molecule has 1 heterocycles. The highest BCUT2D eigenvalue weighted by Crippen LogP contribution is 2.16. The van der Waals surface area contributed by atoms with Crippen molar-refractivity contribution in [1.29, 1.82) is 0 Å². The van der Waals surface area contributed by atoms with Crippen LogP contribution in [0.15, 0.2) is 58.4 Å². The van der Waals surface area contributed by atoms with Crippen LogP contribution in [0.4, 0.5) is 5.69 Å². The molecule has 0 amide bonds. The molecule has 0 saturated heterocycles. The second kappa shape index (κ2) is 8.12. The van der Waals surface area contributed by atoms with Gasteiger partial charge in [0, 0.05) is 0 Å². The number of hydrogen-bond donors (Lipinski definition) is 2. The summed E-state index contributed by atoms with van der Waals surface area (Å²) in [6, 6.07) is 13.3. The first-order chi connectivity index (χ1) is 13.5. The summed E-state index contributed by atoms with van der Waals surface area (Å²) in [5, 5.41) is 3.98. The van der Waals surface area contributed by atoms with Crippen molar-refractivity contribution < 1.29 is 19.1 Å². The number of nitrogens with one attached hydrogen (secondary N) is 2. The van der Waals surface area contributed by atoms with E-state index in [1.165, 1.54) is 13.2 Å². The van der Waals surface area contributed by atoms with Gasteiger partial charge in [-0.25, -0.2) is 14.6 Å². The lowest BCUT2D eigenvalue weighted by molar-refractivity contribution is -0.132. The number of anilines is 1. The van der Waals surface area contributed by atoms with E-state index in [9.17, 15) is 14.4 Å². The molecule has 0 aliphatic carbocycles. The summed E-state index contributed by atoms with van der Waals surface area (Å²) >= 11 is 0. The number of para-hydroxylation sites is 3. The topological polar surface area (TPSA) is 123 Å². The molecule has 3 aromatic rings. The number of carbonyl (C=O) groups is 2. The van der Waals surface area contributed by atoms with Crippen LogP contribution in [0.25, 0.3) is 11.0 Å². The predicted octanol–water partition coefficient (Wildman–Crippen LogP) is 1.70. The lowest BCUT2D eigenvalue weighted by Crippen LogP contribution is -2.28. The van der Waals surface area contributed by atoms with Crippen LogP contribution in [0.5, 0.6) is 0 Å². The zero-order valence-electron chi connectivity index (χ0n) is 15.1. The number of fused-ring (bicyclic) bond motifs is 1. The monoisotopic (exact) mass is 380 g/mol. The van der Waals surface area contributed by atoms with Gasteiger partial charge in [0.25, 0.3) is 5.56 Å². The standard InChI is InChI=1S/C19H16N4O5/c1-27-18(25)11-7-3-4-8-12(11)22-23-16(19(26)28-2)15-17(24)21-14-10-6-5-9-13(14)20-15/h3-10,22H,1-2H3,(H,21,24)/b23-16-. The maximum absolute atomic E-state index is 12.4. The zero-order chi connectivity index (χ0) is 20.1. The molecule has 9 nitrogen and oxygen atoms in total. The van der Waals surface area contributed by atoms with Crippen molar-refractivity contribution in [3.8, 4) is 0 Å². The number of aromatic nitrogens is 2. The van der Waals surface area contributed by atoms with Crippen LogP contribution in [-0.2, 0) is 14.3 Å². The van der Waals surface area contributed by atoms with Crippen molar-refractivity contribution in [1.82, 2.24) is 9.97 Å². The highest BCUT2D eigenvalue weighted by atomic mass is 16.5. The van der Waals surface area contributed by atoms with Crippen LogP contribution in [0, 0.1) is 0 Å². The smallest absolute Gasteiger partial charge is 0.360 e. The molecule has 142 valence electrons. The molecule has 0 spiro atoms. The molecular weight excluding hydrogens is 364 g/mol. The largest absolute Gasteiger partial charge is 0.465 e. The van der Waals surface area contributed by atoms with Gasteiger partial charge in [0.05, 0.1) is 36.5 Å². The fraction of sp³-hybridized carbons (Fsp3) is 0.105. The van der Waals surface area contributed by atoms with Crippen molar-refractivity contribution >= 4 is 34.4 Å². The molecular formula is C19H16N4O5. The number of hydrogen-bond acceptors (Lipinski definition) is 8. The highest BCUT2D eigenvalue weighted by Gasteiger charge is 2.21. The number of aromatic amines is 1. The molecule has 0 fully saturated rings. The van der Waals surface area contributed by atoms with E-state index < -0.39 is 17.5 Å². The molecule has 0 radical (unpaired) electrons. The number of nitrogens with zero attached hydrogens (tertiary/aromatic N) is 2. The number of rotatable bonds is 5. The van der Waals surface area contributed by atoms with Crippen LogP contribution in [-0.4, -0.2) is 41.8 Å². The third-order valence-corrected chi connectivity index (χ3v) is 3.82. The van der Waals surface area contributed by atoms with Gasteiger partial charge in [0.15, 0.2) is 11.4 Å². The van der Waals surface area contributed by atoms with Crippen molar-refractivity contribution in [3.63, 3.8) is 0 Å². The van der Waals surface area contributed by atoms with E-state index in [0.717, 1.165) is 7.11 Å². The van der Waals surface area contributed by atoms with Gasteiger partial charge in [-0.05, 0) is 24.3 Å². The van der Waals surface area contributed by atoms with Crippen LogP contribution in [0.2, 0.25) is 0 Å².